The number of ether oxygens (including phenoxy) is 1. The van der Waals surface area contributed by atoms with Crippen LogP contribution >= 0.6 is 0 Å². The molecule has 32 heavy (non-hydrogen) atoms. The normalized spacial score (nSPS) is 13.9. The smallest absolute Gasteiger partial charge is 0.409 e. The summed E-state index contributed by atoms with van der Waals surface area (Å²) in [6.45, 7) is 6.72. The molecular formula is C22H26F2N6O2. The van der Waals surface area contributed by atoms with Crippen molar-refractivity contribution in [2.24, 2.45) is 0 Å². The summed E-state index contributed by atoms with van der Waals surface area (Å²) in [7, 11) is 0. The van der Waals surface area contributed by atoms with E-state index in [4.69, 9.17) is 4.74 Å². The van der Waals surface area contributed by atoms with Gasteiger partial charge in [0, 0.05) is 45.0 Å². The second-order valence-corrected chi connectivity index (χ2v) is 7.50. The van der Waals surface area contributed by atoms with Crippen LogP contribution < -0.4 is 10.2 Å². The van der Waals surface area contributed by atoms with E-state index in [9.17, 15) is 13.6 Å². The summed E-state index contributed by atoms with van der Waals surface area (Å²) in [4.78, 5) is 20.0. The van der Waals surface area contributed by atoms with Crippen LogP contribution in [0.1, 0.15) is 13.9 Å². The number of aryl methyl sites for hydroxylation is 1. The molecule has 1 N–H and O–H groups in total. The van der Waals surface area contributed by atoms with Gasteiger partial charge in [0.2, 0.25) is 5.95 Å². The van der Waals surface area contributed by atoms with Crippen LogP contribution in [-0.2, 0) is 4.74 Å². The van der Waals surface area contributed by atoms with Crippen LogP contribution in [0.4, 0.5) is 30.9 Å². The summed E-state index contributed by atoms with van der Waals surface area (Å²) in [6, 6.07) is 9.19. The zero-order valence-corrected chi connectivity index (χ0v) is 17.9. The molecule has 1 aromatic heterocycles. The molecule has 8 nitrogen and oxygen atoms in total. The topological polar surface area (TPSA) is 75.5 Å². The highest BCUT2D eigenvalue weighted by molar-refractivity contribution is 5.69. The largest absolute Gasteiger partial charge is 0.450 e. The van der Waals surface area contributed by atoms with Crippen molar-refractivity contribution < 1.29 is 19.7 Å². The van der Waals surface area contributed by atoms with Crippen molar-refractivity contribution in [3.8, 4) is 5.69 Å². The number of rotatable bonds is 5. The van der Waals surface area contributed by atoms with E-state index in [1.807, 2.05) is 19.1 Å². The van der Waals surface area contributed by atoms with Crippen LogP contribution in [-0.4, -0.2) is 58.5 Å². The molecule has 0 unspecified atom stereocenters. The molecule has 1 saturated heterocycles. The monoisotopic (exact) mass is 444 g/mol. The average Bonchev–Trinajstić information content (AvgIpc) is 3.21. The number of nitrogens with zero attached hydrogens (tertiary/aromatic N) is 5. The molecule has 0 radical (unpaired) electrons. The van der Waals surface area contributed by atoms with Gasteiger partial charge < -0.3 is 19.9 Å². The second kappa shape index (κ2) is 9.21. The number of aromatic nitrogens is 3. The maximum Gasteiger partial charge on any atom is 0.409 e. The summed E-state index contributed by atoms with van der Waals surface area (Å²) < 4.78 is 33.4. The number of carbonyl (C=O) groups excluding carboxylic acids is 1. The summed E-state index contributed by atoms with van der Waals surface area (Å²) in [5.74, 6) is -1.06. The van der Waals surface area contributed by atoms with Gasteiger partial charge in [-0.15, -0.1) is 5.10 Å². The predicted octanol–water partition coefficient (Wildman–Crippen LogP) is 4.12. The van der Waals surface area contributed by atoms with Crippen LogP contribution in [0.25, 0.3) is 5.69 Å². The van der Waals surface area contributed by atoms with Crippen LogP contribution in [0.15, 0.2) is 42.7 Å². The van der Waals surface area contributed by atoms with Crippen molar-refractivity contribution >= 4 is 23.4 Å². The van der Waals surface area contributed by atoms with Gasteiger partial charge in [-0.05, 0) is 49.7 Å². The van der Waals surface area contributed by atoms with Crippen molar-refractivity contribution in [1.29, 1.82) is 0 Å². The number of amides is 1. The Balaban J connectivity index is 0.00000306. The van der Waals surface area contributed by atoms with Crippen LogP contribution in [0, 0.1) is 18.6 Å². The van der Waals surface area contributed by atoms with Crippen molar-refractivity contribution in [3.63, 3.8) is 0 Å². The van der Waals surface area contributed by atoms with E-state index >= 15 is 0 Å². The summed E-state index contributed by atoms with van der Waals surface area (Å²) in [5, 5.41) is 7.41. The molecule has 1 aliphatic rings. The number of halogens is 2. The fourth-order valence-electron chi connectivity index (χ4n) is 3.62. The molecule has 1 fully saturated rings. The minimum absolute atomic E-state index is 0. The lowest BCUT2D eigenvalue weighted by Crippen LogP contribution is -2.49. The van der Waals surface area contributed by atoms with E-state index < -0.39 is 11.6 Å². The van der Waals surface area contributed by atoms with Crippen molar-refractivity contribution in [1.82, 2.24) is 19.7 Å². The van der Waals surface area contributed by atoms with E-state index in [2.05, 4.69) is 26.4 Å². The molecule has 1 amide bonds. The quantitative estimate of drug-likeness (QED) is 0.638. The third kappa shape index (κ3) is 4.96. The third-order valence-corrected chi connectivity index (χ3v) is 5.09. The Hall–Kier alpha value is -3.69. The zero-order valence-electron chi connectivity index (χ0n) is 17.9. The number of piperazine rings is 1. The SMILES string of the molecule is CCOC(=O)N1CCN(c2cc(C)cc(Nc3ncn(-c4cc(F)cc(F)c4)n3)c2)CC1.[HH]. The minimum atomic E-state index is -0.684. The fourth-order valence-corrected chi connectivity index (χ4v) is 3.62. The van der Waals surface area contributed by atoms with Crippen molar-refractivity contribution in [2.75, 3.05) is 43.0 Å². The molecule has 2 aromatic carbocycles. The van der Waals surface area contributed by atoms with Crippen molar-refractivity contribution in [3.05, 3.63) is 59.9 Å². The molecule has 1 aliphatic heterocycles. The van der Waals surface area contributed by atoms with E-state index in [1.54, 1.807) is 11.8 Å². The minimum Gasteiger partial charge on any atom is -0.450 e. The van der Waals surface area contributed by atoms with Gasteiger partial charge in [-0.1, -0.05) is 0 Å². The van der Waals surface area contributed by atoms with E-state index in [0.29, 0.717) is 38.7 Å². The van der Waals surface area contributed by atoms with E-state index in [1.165, 1.54) is 23.1 Å². The molecule has 0 bridgehead atoms. The zero-order chi connectivity index (χ0) is 22.7. The van der Waals surface area contributed by atoms with Gasteiger partial charge >= 0.3 is 6.09 Å². The van der Waals surface area contributed by atoms with Crippen LogP contribution in [0.5, 0.6) is 0 Å². The first kappa shape index (κ1) is 21.5. The standard InChI is InChI=1S/C22H24F2N6O2.H2/c1-3-32-22(31)29-6-4-28(5-7-29)19-9-15(2)8-18(13-19)26-21-25-14-30(27-21)20-11-16(23)10-17(24)12-20;/h8-14H,3-7H2,1-2H3,(H,26,27);1H. The van der Waals surface area contributed by atoms with E-state index in [-0.39, 0.29) is 13.2 Å². The fraction of sp³-hybridized carbons (Fsp3) is 0.318. The number of carbonyl (C=O) groups is 1. The molecular weight excluding hydrogens is 418 g/mol. The Kier molecular flexibility index (Phi) is 6.20. The number of anilines is 3. The lowest BCUT2D eigenvalue weighted by atomic mass is 10.1. The van der Waals surface area contributed by atoms with Gasteiger partial charge in [0.25, 0.3) is 0 Å². The first-order valence-electron chi connectivity index (χ1n) is 10.3. The highest BCUT2D eigenvalue weighted by Gasteiger charge is 2.22. The molecule has 3 aromatic rings. The first-order chi connectivity index (χ1) is 15.4. The average molecular weight is 444 g/mol. The maximum absolute atomic E-state index is 13.5. The summed E-state index contributed by atoms with van der Waals surface area (Å²) >= 11 is 0. The molecule has 0 saturated carbocycles. The molecule has 0 aliphatic carbocycles. The lowest BCUT2D eigenvalue weighted by Gasteiger charge is -2.35. The van der Waals surface area contributed by atoms with Crippen LogP contribution in [0.3, 0.4) is 0 Å². The second-order valence-electron chi connectivity index (χ2n) is 7.50. The Morgan fingerprint density at radius 1 is 1.06 bits per heavy atom. The maximum atomic E-state index is 13.5. The first-order valence-corrected chi connectivity index (χ1v) is 10.3. The molecule has 0 atom stereocenters. The van der Waals surface area contributed by atoms with Crippen molar-refractivity contribution in [2.45, 2.75) is 13.8 Å². The highest BCUT2D eigenvalue weighted by atomic mass is 19.1. The van der Waals surface area contributed by atoms with Gasteiger partial charge in [-0.3, -0.25) is 0 Å². The molecule has 170 valence electrons. The number of hydrogen-bond donors (Lipinski definition) is 1. The predicted molar refractivity (Wildman–Crippen MR) is 119 cm³/mol. The molecule has 4 rings (SSSR count). The van der Waals surface area contributed by atoms with Crippen LogP contribution in [0.2, 0.25) is 0 Å². The molecule has 2 heterocycles. The third-order valence-electron chi connectivity index (χ3n) is 5.09. The van der Waals surface area contributed by atoms with Gasteiger partial charge in [0.15, 0.2) is 0 Å². The molecule has 10 heteroatoms. The van der Waals surface area contributed by atoms with Gasteiger partial charge in [-0.25, -0.2) is 18.3 Å². The number of benzene rings is 2. The Labute approximate surface area is 185 Å². The summed E-state index contributed by atoms with van der Waals surface area (Å²) in [5.41, 5.74) is 3.09. The lowest BCUT2D eigenvalue weighted by molar-refractivity contribution is 0.105. The van der Waals surface area contributed by atoms with E-state index in [0.717, 1.165) is 23.0 Å². The van der Waals surface area contributed by atoms with Gasteiger partial charge in [0.05, 0.1) is 12.3 Å². The Morgan fingerprint density at radius 2 is 1.78 bits per heavy atom. The van der Waals surface area contributed by atoms with Gasteiger partial charge in [0.1, 0.15) is 18.0 Å². The highest BCUT2D eigenvalue weighted by Crippen LogP contribution is 2.25. The number of nitrogens with one attached hydrogen (secondary N) is 1. The Bertz CT molecular complexity index is 1100. The summed E-state index contributed by atoms with van der Waals surface area (Å²) in [6.07, 6.45) is 1.11. The number of hydrogen-bond acceptors (Lipinski definition) is 6. The Morgan fingerprint density at radius 3 is 2.47 bits per heavy atom. The molecule has 0 spiro atoms. The van der Waals surface area contributed by atoms with Gasteiger partial charge in [-0.2, -0.15) is 4.98 Å².